The summed E-state index contributed by atoms with van der Waals surface area (Å²) >= 11 is 0. The van der Waals surface area contributed by atoms with E-state index in [4.69, 9.17) is 4.74 Å². The van der Waals surface area contributed by atoms with Crippen molar-refractivity contribution in [2.75, 3.05) is 13.2 Å². The predicted molar refractivity (Wildman–Crippen MR) is 78.2 cm³/mol. The summed E-state index contributed by atoms with van der Waals surface area (Å²) in [6.07, 6.45) is 0. The van der Waals surface area contributed by atoms with E-state index in [2.05, 4.69) is 39.9 Å². The van der Waals surface area contributed by atoms with Gasteiger partial charge in [-0.15, -0.1) is 0 Å². The highest BCUT2D eigenvalue weighted by atomic mass is 19.1. The van der Waals surface area contributed by atoms with Crippen LogP contribution in [-0.2, 0) is 0 Å². The first-order chi connectivity index (χ1) is 8.59. The lowest BCUT2D eigenvalue weighted by molar-refractivity contribution is 0.165. The Bertz CT molecular complexity index is 421. The number of hydrogen-bond acceptors (Lipinski definition) is 2. The molecule has 0 aliphatic heterocycles. The SMILES string of the molecule is Cc1ccc(OCC(C)(C)CNC(C)(C)C)cc1F. The van der Waals surface area contributed by atoms with Crippen molar-refractivity contribution in [1.29, 1.82) is 0 Å². The summed E-state index contributed by atoms with van der Waals surface area (Å²) in [6.45, 7) is 13.8. The molecular weight excluding hydrogens is 241 g/mol. The fourth-order valence-corrected chi connectivity index (χ4v) is 1.50. The van der Waals surface area contributed by atoms with Gasteiger partial charge in [0, 0.05) is 23.6 Å². The van der Waals surface area contributed by atoms with Crippen LogP contribution in [0.5, 0.6) is 5.75 Å². The molecule has 0 amide bonds. The number of ether oxygens (including phenoxy) is 1. The van der Waals surface area contributed by atoms with Crippen molar-refractivity contribution in [2.45, 2.75) is 47.1 Å². The minimum absolute atomic E-state index is 0.00532. The third kappa shape index (κ3) is 6.06. The predicted octanol–water partition coefficient (Wildman–Crippen LogP) is 3.93. The van der Waals surface area contributed by atoms with Crippen LogP contribution in [0.25, 0.3) is 0 Å². The molecule has 0 heterocycles. The third-order valence-electron chi connectivity index (χ3n) is 2.87. The number of hydrogen-bond donors (Lipinski definition) is 1. The van der Waals surface area contributed by atoms with E-state index < -0.39 is 0 Å². The number of nitrogens with one attached hydrogen (secondary N) is 1. The van der Waals surface area contributed by atoms with Crippen LogP contribution < -0.4 is 10.1 Å². The van der Waals surface area contributed by atoms with Crippen LogP contribution in [0, 0.1) is 18.2 Å². The van der Waals surface area contributed by atoms with Crippen molar-refractivity contribution in [1.82, 2.24) is 5.32 Å². The van der Waals surface area contributed by atoms with Gasteiger partial charge in [0.15, 0.2) is 0 Å². The number of rotatable bonds is 5. The zero-order valence-electron chi connectivity index (χ0n) is 12.9. The maximum Gasteiger partial charge on any atom is 0.129 e. The first-order valence-electron chi connectivity index (χ1n) is 6.73. The molecule has 0 aliphatic carbocycles. The van der Waals surface area contributed by atoms with Crippen molar-refractivity contribution in [3.8, 4) is 5.75 Å². The maximum absolute atomic E-state index is 13.4. The number of benzene rings is 1. The van der Waals surface area contributed by atoms with E-state index in [1.807, 2.05) is 6.07 Å². The van der Waals surface area contributed by atoms with Crippen LogP contribution in [0.2, 0.25) is 0 Å². The average molecular weight is 267 g/mol. The van der Waals surface area contributed by atoms with Crippen molar-refractivity contribution in [3.05, 3.63) is 29.6 Å². The van der Waals surface area contributed by atoms with Crippen LogP contribution in [0.1, 0.15) is 40.2 Å². The molecule has 0 bridgehead atoms. The Hall–Kier alpha value is -1.09. The molecule has 0 radical (unpaired) electrons. The molecule has 0 aromatic heterocycles. The Morgan fingerprint density at radius 3 is 2.32 bits per heavy atom. The quantitative estimate of drug-likeness (QED) is 0.873. The Kier molecular flexibility index (Phi) is 4.97. The van der Waals surface area contributed by atoms with Gasteiger partial charge in [-0.05, 0) is 39.3 Å². The first kappa shape index (κ1) is 16.0. The van der Waals surface area contributed by atoms with Gasteiger partial charge in [0.1, 0.15) is 11.6 Å². The second-order valence-electron chi connectivity index (χ2n) is 6.97. The van der Waals surface area contributed by atoms with E-state index in [1.54, 1.807) is 13.0 Å². The molecule has 0 fully saturated rings. The van der Waals surface area contributed by atoms with E-state index in [0.29, 0.717) is 17.9 Å². The normalized spacial score (nSPS) is 12.6. The second kappa shape index (κ2) is 5.91. The van der Waals surface area contributed by atoms with E-state index in [0.717, 1.165) is 6.54 Å². The molecular formula is C16H26FNO. The van der Waals surface area contributed by atoms with Gasteiger partial charge >= 0.3 is 0 Å². The number of halogens is 1. The molecule has 0 aliphatic rings. The Balaban J connectivity index is 2.52. The van der Waals surface area contributed by atoms with E-state index in [9.17, 15) is 4.39 Å². The van der Waals surface area contributed by atoms with Gasteiger partial charge in [0.05, 0.1) is 6.61 Å². The lowest BCUT2D eigenvalue weighted by Crippen LogP contribution is -2.43. The monoisotopic (exact) mass is 267 g/mol. The van der Waals surface area contributed by atoms with Gasteiger partial charge in [0.25, 0.3) is 0 Å². The molecule has 1 aromatic rings. The molecule has 2 nitrogen and oxygen atoms in total. The topological polar surface area (TPSA) is 21.3 Å². The highest BCUT2D eigenvalue weighted by Crippen LogP contribution is 2.21. The lowest BCUT2D eigenvalue weighted by Gasteiger charge is -2.30. The van der Waals surface area contributed by atoms with Gasteiger partial charge in [-0.25, -0.2) is 4.39 Å². The lowest BCUT2D eigenvalue weighted by atomic mass is 9.93. The highest BCUT2D eigenvalue weighted by molar-refractivity contribution is 5.28. The van der Waals surface area contributed by atoms with E-state index in [1.165, 1.54) is 6.07 Å². The molecule has 19 heavy (non-hydrogen) atoms. The van der Waals surface area contributed by atoms with Crippen molar-refractivity contribution < 1.29 is 9.13 Å². The summed E-state index contributed by atoms with van der Waals surface area (Å²) in [6, 6.07) is 5.00. The van der Waals surface area contributed by atoms with Gasteiger partial charge in [-0.1, -0.05) is 19.9 Å². The molecule has 0 atom stereocenters. The molecule has 1 rings (SSSR count). The standard InChI is InChI=1S/C16H26FNO/c1-12-7-8-13(9-14(12)17)19-11-16(5,6)10-18-15(2,3)4/h7-9,18H,10-11H2,1-6H3. The summed E-state index contributed by atoms with van der Waals surface area (Å²) in [7, 11) is 0. The fraction of sp³-hybridized carbons (Fsp3) is 0.625. The van der Waals surface area contributed by atoms with Crippen LogP contribution >= 0.6 is 0 Å². The fourth-order valence-electron chi connectivity index (χ4n) is 1.50. The smallest absolute Gasteiger partial charge is 0.129 e. The summed E-state index contributed by atoms with van der Waals surface area (Å²) in [5.41, 5.74) is 0.725. The van der Waals surface area contributed by atoms with Crippen LogP contribution in [0.15, 0.2) is 18.2 Å². The molecule has 0 unspecified atom stereocenters. The average Bonchev–Trinajstić information content (AvgIpc) is 2.28. The molecule has 1 aromatic carbocycles. The molecule has 0 spiro atoms. The molecule has 3 heteroatoms. The molecule has 0 saturated carbocycles. The molecule has 0 saturated heterocycles. The largest absolute Gasteiger partial charge is 0.493 e. The van der Waals surface area contributed by atoms with E-state index in [-0.39, 0.29) is 16.8 Å². The van der Waals surface area contributed by atoms with Crippen molar-refractivity contribution in [2.24, 2.45) is 5.41 Å². The van der Waals surface area contributed by atoms with Gasteiger partial charge in [-0.2, -0.15) is 0 Å². The van der Waals surface area contributed by atoms with Crippen molar-refractivity contribution in [3.63, 3.8) is 0 Å². The molecule has 108 valence electrons. The Labute approximate surface area is 116 Å². The summed E-state index contributed by atoms with van der Waals surface area (Å²) in [5, 5.41) is 3.46. The van der Waals surface area contributed by atoms with Crippen LogP contribution in [-0.4, -0.2) is 18.7 Å². The van der Waals surface area contributed by atoms with Crippen LogP contribution in [0.4, 0.5) is 4.39 Å². The summed E-state index contributed by atoms with van der Waals surface area (Å²) in [5.74, 6) is 0.370. The number of aryl methyl sites for hydroxylation is 1. The highest BCUT2D eigenvalue weighted by Gasteiger charge is 2.22. The van der Waals surface area contributed by atoms with Crippen LogP contribution in [0.3, 0.4) is 0 Å². The summed E-state index contributed by atoms with van der Waals surface area (Å²) < 4.78 is 19.1. The van der Waals surface area contributed by atoms with Gasteiger partial charge < -0.3 is 10.1 Å². The van der Waals surface area contributed by atoms with Crippen molar-refractivity contribution >= 4 is 0 Å². The minimum atomic E-state index is -0.219. The Morgan fingerprint density at radius 1 is 1.16 bits per heavy atom. The Morgan fingerprint density at radius 2 is 1.79 bits per heavy atom. The summed E-state index contributed by atoms with van der Waals surface area (Å²) in [4.78, 5) is 0. The van der Waals surface area contributed by atoms with E-state index >= 15 is 0 Å². The van der Waals surface area contributed by atoms with Gasteiger partial charge in [-0.3, -0.25) is 0 Å². The first-order valence-corrected chi connectivity index (χ1v) is 6.73. The minimum Gasteiger partial charge on any atom is -0.493 e. The zero-order valence-corrected chi connectivity index (χ0v) is 12.9. The molecule has 1 N–H and O–H groups in total. The zero-order chi connectivity index (χ0) is 14.7. The maximum atomic E-state index is 13.4. The third-order valence-corrected chi connectivity index (χ3v) is 2.87. The second-order valence-corrected chi connectivity index (χ2v) is 6.97. The van der Waals surface area contributed by atoms with Gasteiger partial charge in [0.2, 0.25) is 0 Å².